The van der Waals surface area contributed by atoms with Crippen molar-refractivity contribution in [1.29, 1.82) is 5.26 Å². The van der Waals surface area contributed by atoms with Crippen molar-refractivity contribution < 1.29 is 19.8 Å². The molecule has 8 heteroatoms. The number of anilines is 1. The minimum absolute atomic E-state index is 0.00368. The van der Waals surface area contributed by atoms with Crippen molar-refractivity contribution in [2.75, 3.05) is 31.6 Å². The molecule has 0 aliphatic rings. The predicted molar refractivity (Wildman–Crippen MR) is 83.0 cm³/mol. The van der Waals surface area contributed by atoms with Crippen LogP contribution in [0.4, 0.5) is 5.69 Å². The third kappa shape index (κ3) is 5.10. The second-order valence-corrected chi connectivity index (χ2v) is 4.46. The van der Waals surface area contributed by atoms with Gasteiger partial charge in [-0.1, -0.05) is 12.1 Å². The minimum atomic E-state index is -0.645. The van der Waals surface area contributed by atoms with Gasteiger partial charge in [0.25, 0.3) is 11.8 Å². The van der Waals surface area contributed by atoms with E-state index in [1.165, 1.54) is 6.07 Å². The first kappa shape index (κ1) is 18.2. The van der Waals surface area contributed by atoms with Gasteiger partial charge in [0.05, 0.1) is 24.5 Å². The van der Waals surface area contributed by atoms with Crippen molar-refractivity contribution in [3.63, 3.8) is 0 Å². The molecule has 0 aliphatic carbocycles. The molecule has 0 unspecified atom stereocenters. The van der Waals surface area contributed by atoms with E-state index in [0.717, 1.165) is 11.1 Å². The number of carbonyl (C=O) groups is 2. The van der Waals surface area contributed by atoms with E-state index >= 15 is 0 Å². The molecule has 122 valence electrons. The summed E-state index contributed by atoms with van der Waals surface area (Å²) in [6.07, 6.45) is 1.16. The van der Waals surface area contributed by atoms with E-state index in [1.54, 1.807) is 24.3 Å². The van der Waals surface area contributed by atoms with Crippen LogP contribution in [0, 0.1) is 11.3 Å². The second kappa shape index (κ2) is 9.19. The molecule has 0 heterocycles. The molecule has 0 radical (unpaired) electrons. The van der Waals surface area contributed by atoms with Crippen LogP contribution in [0.25, 0.3) is 0 Å². The Morgan fingerprint density at radius 3 is 2.39 bits per heavy atom. The highest BCUT2D eigenvalue weighted by atomic mass is 16.3. The summed E-state index contributed by atoms with van der Waals surface area (Å²) in [5, 5.41) is 29.7. The Bertz CT molecular complexity index is 631. The maximum Gasteiger partial charge on any atom is 0.266 e. The Morgan fingerprint density at radius 2 is 1.87 bits per heavy atom. The molecule has 23 heavy (non-hydrogen) atoms. The van der Waals surface area contributed by atoms with Gasteiger partial charge in [-0.15, -0.1) is 0 Å². The Balaban J connectivity index is 2.98. The van der Waals surface area contributed by atoms with Crippen LogP contribution in [-0.2, 0) is 4.79 Å². The van der Waals surface area contributed by atoms with Crippen molar-refractivity contribution in [2.45, 2.75) is 0 Å². The van der Waals surface area contributed by atoms with E-state index in [1.807, 2.05) is 0 Å². The summed E-state index contributed by atoms with van der Waals surface area (Å²) in [5.41, 5.74) is 5.59. The lowest BCUT2D eigenvalue weighted by Gasteiger charge is -2.20. The monoisotopic (exact) mass is 318 g/mol. The van der Waals surface area contributed by atoms with Gasteiger partial charge in [-0.2, -0.15) is 5.26 Å². The number of aliphatic hydroxyl groups excluding tert-OH is 2. The van der Waals surface area contributed by atoms with Gasteiger partial charge >= 0.3 is 0 Å². The summed E-state index contributed by atoms with van der Waals surface area (Å²) in [6, 6.07) is 8.14. The van der Waals surface area contributed by atoms with Crippen molar-refractivity contribution in [1.82, 2.24) is 4.90 Å². The number of hydrogen-bond donors (Lipinski definition) is 4. The number of amides is 2. The molecular formula is C15H18N4O4. The number of carbonyl (C=O) groups excluding carboxylic acids is 2. The van der Waals surface area contributed by atoms with Crippen LogP contribution in [0.1, 0.15) is 10.4 Å². The first-order valence-electron chi connectivity index (χ1n) is 6.81. The Hall–Kier alpha value is -2.89. The molecule has 0 saturated carbocycles. The predicted octanol–water partition coefficient (Wildman–Crippen LogP) is -0.582. The van der Waals surface area contributed by atoms with Gasteiger partial charge in [0.15, 0.2) is 0 Å². The number of para-hydroxylation sites is 1. The van der Waals surface area contributed by atoms with Crippen molar-refractivity contribution in [3.8, 4) is 6.07 Å². The highest BCUT2D eigenvalue weighted by Gasteiger charge is 2.17. The molecule has 5 N–H and O–H groups in total. The van der Waals surface area contributed by atoms with Crippen LogP contribution in [0.2, 0.25) is 0 Å². The van der Waals surface area contributed by atoms with E-state index in [9.17, 15) is 9.59 Å². The molecule has 0 aliphatic heterocycles. The fourth-order valence-electron chi connectivity index (χ4n) is 1.84. The number of hydrogen-bond acceptors (Lipinski definition) is 6. The molecule has 0 spiro atoms. The topological polar surface area (TPSA) is 140 Å². The number of benzene rings is 1. The highest BCUT2D eigenvalue weighted by molar-refractivity contribution is 6.00. The smallest absolute Gasteiger partial charge is 0.266 e. The van der Waals surface area contributed by atoms with E-state index in [2.05, 4.69) is 5.32 Å². The number of nitrogens with one attached hydrogen (secondary N) is 1. The first-order chi connectivity index (χ1) is 11.0. The van der Waals surface area contributed by atoms with Gasteiger partial charge in [-0.05, 0) is 12.1 Å². The number of nitriles is 1. The van der Waals surface area contributed by atoms with Gasteiger partial charge in [0.2, 0.25) is 0 Å². The normalized spacial score (nSPS) is 10.7. The maximum atomic E-state index is 12.2. The zero-order valence-electron chi connectivity index (χ0n) is 12.4. The van der Waals surface area contributed by atoms with E-state index in [-0.39, 0.29) is 37.4 Å². The van der Waals surface area contributed by atoms with E-state index < -0.39 is 11.8 Å². The van der Waals surface area contributed by atoms with Gasteiger partial charge in [-0.3, -0.25) is 9.59 Å². The standard InChI is InChI=1S/C15H18N4O4/c16-9-11(15(23)19(5-7-20)6-8-21)10-18-13-4-2-1-3-12(13)14(17)22/h1-4,10,18,20-21H,5-8H2,(H2,17,22)/b11-10-. The largest absolute Gasteiger partial charge is 0.395 e. The molecule has 1 aromatic rings. The third-order valence-corrected chi connectivity index (χ3v) is 2.94. The average Bonchev–Trinajstić information content (AvgIpc) is 2.55. The minimum Gasteiger partial charge on any atom is -0.395 e. The molecule has 0 fully saturated rings. The molecule has 2 amide bonds. The van der Waals surface area contributed by atoms with Gasteiger partial charge < -0.3 is 26.2 Å². The van der Waals surface area contributed by atoms with Crippen molar-refractivity contribution in [2.24, 2.45) is 5.73 Å². The van der Waals surface area contributed by atoms with Crippen LogP contribution in [0.5, 0.6) is 0 Å². The fraction of sp³-hybridized carbons (Fsp3) is 0.267. The molecule has 8 nitrogen and oxygen atoms in total. The summed E-state index contributed by atoms with van der Waals surface area (Å²) >= 11 is 0. The summed E-state index contributed by atoms with van der Waals surface area (Å²) in [4.78, 5) is 24.6. The van der Waals surface area contributed by atoms with Crippen molar-refractivity contribution >= 4 is 17.5 Å². The SMILES string of the molecule is N#C/C(=C/Nc1ccccc1C(N)=O)C(=O)N(CCO)CCO. The second-order valence-electron chi connectivity index (χ2n) is 4.46. The van der Waals surface area contributed by atoms with E-state index in [0.29, 0.717) is 5.69 Å². The summed E-state index contributed by atoms with van der Waals surface area (Å²) in [6.45, 7) is -0.586. The van der Waals surface area contributed by atoms with Gasteiger partial charge in [0.1, 0.15) is 11.6 Å². The molecule has 0 aromatic heterocycles. The number of primary amides is 1. The molecule has 0 saturated heterocycles. The lowest BCUT2D eigenvalue weighted by atomic mass is 10.1. The summed E-state index contributed by atoms with van der Waals surface area (Å²) in [7, 11) is 0. The fourth-order valence-corrected chi connectivity index (χ4v) is 1.84. The highest BCUT2D eigenvalue weighted by Crippen LogP contribution is 2.15. The Kier molecular flexibility index (Phi) is 7.26. The number of nitrogens with two attached hydrogens (primary N) is 1. The molecule has 0 atom stereocenters. The lowest BCUT2D eigenvalue weighted by Crippen LogP contribution is -2.36. The van der Waals surface area contributed by atoms with Crippen LogP contribution in [-0.4, -0.2) is 53.2 Å². The Morgan fingerprint density at radius 1 is 1.26 bits per heavy atom. The third-order valence-electron chi connectivity index (χ3n) is 2.94. The van der Waals surface area contributed by atoms with Crippen LogP contribution in [0.15, 0.2) is 36.0 Å². The average molecular weight is 318 g/mol. The number of aliphatic hydroxyl groups is 2. The zero-order chi connectivity index (χ0) is 17.2. The summed E-state index contributed by atoms with van der Waals surface area (Å²) in [5.74, 6) is -1.28. The van der Waals surface area contributed by atoms with Gasteiger partial charge in [0, 0.05) is 19.3 Å². The number of nitrogens with zero attached hydrogens (tertiary/aromatic N) is 2. The van der Waals surface area contributed by atoms with E-state index in [4.69, 9.17) is 21.2 Å². The Labute approximate surface area is 133 Å². The number of rotatable bonds is 8. The van der Waals surface area contributed by atoms with Crippen molar-refractivity contribution in [3.05, 3.63) is 41.6 Å². The molecule has 0 bridgehead atoms. The quantitative estimate of drug-likeness (QED) is 0.373. The summed E-state index contributed by atoms with van der Waals surface area (Å²) < 4.78 is 0. The van der Waals surface area contributed by atoms with Crippen LogP contribution in [0.3, 0.4) is 0 Å². The molecular weight excluding hydrogens is 300 g/mol. The van der Waals surface area contributed by atoms with Crippen LogP contribution >= 0.6 is 0 Å². The molecule has 1 rings (SSSR count). The maximum absolute atomic E-state index is 12.2. The lowest BCUT2D eigenvalue weighted by molar-refractivity contribution is -0.127. The van der Waals surface area contributed by atoms with Gasteiger partial charge in [-0.25, -0.2) is 0 Å². The zero-order valence-corrected chi connectivity index (χ0v) is 12.4. The first-order valence-corrected chi connectivity index (χ1v) is 6.81. The van der Waals surface area contributed by atoms with Crippen LogP contribution < -0.4 is 11.1 Å². The molecule has 1 aromatic carbocycles.